The second kappa shape index (κ2) is 4.87. The molecule has 1 amide bonds. The van der Waals surface area contributed by atoms with Crippen LogP contribution in [0.15, 0.2) is 0 Å². The van der Waals surface area contributed by atoms with E-state index in [1.54, 1.807) is 0 Å². The Bertz CT molecular complexity index is 253. The first-order valence-corrected chi connectivity index (χ1v) is 5.81. The van der Waals surface area contributed by atoms with Crippen LogP contribution in [-0.4, -0.2) is 26.2 Å². The molecule has 0 spiro atoms. The third-order valence-corrected chi connectivity index (χ3v) is 4.24. The van der Waals surface area contributed by atoms with E-state index in [1.165, 1.54) is 11.3 Å². The summed E-state index contributed by atoms with van der Waals surface area (Å²) in [6.45, 7) is 0.193. The van der Waals surface area contributed by atoms with Crippen LogP contribution >= 0.6 is 22.6 Å². The van der Waals surface area contributed by atoms with Crippen LogP contribution in [0.25, 0.3) is 0 Å². The van der Waals surface area contributed by atoms with Crippen molar-refractivity contribution < 1.29 is 9.90 Å². The van der Waals surface area contributed by atoms with Gasteiger partial charge in [0.15, 0.2) is 0 Å². The number of hydrogen-bond donors (Lipinski definition) is 1. The molecule has 1 saturated carbocycles. The largest absolute Gasteiger partial charge is 0.465 e. The topological polar surface area (TPSA) is 40.5 Å². The summed E-state index contributed by atoms with van der Waals surface area (Å²) in [5.74, 6) is 2.41. The molecule has 0 bridgehead atoms. The quantitative estimate of drug-likeness (QED) is 0.369. The van der Waals surface area contributed by atoms with Crippen LogP contribution in [0, 0.1) is 12.3 Å². The Kier molecular flexibility index (Phi) is 4.05. The van der Waals surface area contributed by atoms with Crippen molar-refractivity contribution in [3.05, 3.63) is 0 Å². The van der Waals surface area contributed by atoms with E-state index in [-0.39, 0.29) is 10.1 Å². The summed E-state index contributed by atoms with van der Waals surface area (Å²) in [6.07, 6.45) is 9.50. The summed E-state index contributed by atoms with van der Waals surface area (Å²) in [7, 11) is 0. The number of alkyl halides is 1. The fraction of sp³-hybridized carbons (Fsp3) is 0.700. The van der Waals surface area contributed by atoms with Gasteiger partial charge in [-0.1, -0.05) is 47.8 Å². The maximum absolute atomic E-state index is 11.0. The van der Waals surface area contributed by atoms with Gasteiger partial charge in [0.2, 0.25) is 0 Å². The van der Waals surface area contributed by atoms with Crippen molar-refractivity contribution in [2.24, 2.45) is 0 Å². The molecule has 4 heteroatoms. The summed E-state index contributed by atoms with van der Waals surface area (Å²) in [5.41, 5.74) is 0. The lowest BCUT2D eigenvalue weighted by Gasteiger charge is -2.39. The third kappa shape index (κ3) is 2.53. The standard InChI is InChI=1S/C10H14INO2/c1-2-8-12(9(13)14)10(11)6-4-3-5-7-10/h1H,3-8H2,(H,13,14). The van der Waals surface area contributed by atoms with Crippen molar-refractivity contribution in [2.75, 3.05) is 6.54 Å². The van der Waals surface area contributed by atoms with Crippen molar-refractivity contribution in [1.82, 2.24) is 4.90 Å². The molecular formula is C10H14INO2. The Morgan fingerprint density at radius 2 is 2.07 bits per heavy atom. The van der Waals surface area contributed by atoms with Gasteiger partial charge in [-0.25, -0.2) is 4.79 Å². The van der Waals surface area contributed by atoms with E-state index in [0.717, 1.165) is 25.7 Å². The fourth-order valence-electron chi connectivity index (χ4n) is 1.84. The molecule has 0 saturated heterocycles. The van der Waals surface area contributed by atoms with Gasteiger partial charge in [0, 0.05) is 0 Å². The van der Waals surface area contributed by atoms with E-state index < -0.39 is 6.09 Å². The number of carbonyl (C=O) groups is 1. The molecule has 14 heavy (non-hydrogen) atoms. The number of carboxylic acid groups (broad SMARTS) is 1. The van der Waals surface area contributed by atoms with Crippen LogP contribution in [0.3, 0.4) is 0 Å². The molecule has 0 aliphatic heterocycles. The third-order valence-electron chi connectivity index (χ3n) is 2.58. The highest BCUT2D eigenvalue weighted by Gasteiger charge is 2.37. The zero-order valence-corrected chi connectivity index (χ0v) is 10.2. The first-order valence-electron chi connectivity index (χ1n) is 4.73. The molecule has 0 heterocycles. The number of halogens is 1. The monoisotopic (exact) mass is 307 g/mol. The Morgan fingerprint density at radius 1 is 1.50 bits per heavy atom. The van der Waals surface area contributed by atoms with Crippen molar-refractivity contribution in [3.8, 4) is 12.3 Å². The second-order valence-corrected chi connectivity index (χ2v) is 5.56. The highest BCUT2D eigenvalue weighted by Crippen LogP contribution is 2.39. The molecule has 1 aliphatic carbocycles. The Labute approximate surface area is 98.0 Å². The predicted octanol–water partition coefficient (Wildman–Crippen LogP) is 2.70. The fourth-order valence-corrected chi connectivity index (χ4v) is 2.98. The van der Waals surface area contributed by atoms with Crippen LogP contribution in [0.4, 0.5) is 4.79 Å². The molecule has 3 nitrogen and oxygen atoms in total. The molecule has 0 aromatic carbocycles. The van der Waals surface area contributed by atoms with Crippen LogP contribution in [0.1, 0.15) is 32.1 Å². The molecular weight excluding hydrogens is 293 g/mol. The van der Waals surface area contributed by atoms with Gasteiger partial charge in [0.1, 0.15) is 0 Å². The van der Waals surface area contributed by atoms with Gasteiger partial charge in [-0.2, -0.15) is 0 Å². The van der Waals surface area contributed by atoms with Gasteiger partial charge in [-0.15, -0.1) is 6.42 Å². The average Bonchev–Trinajstić information content (AvgIpc) is 2.14. The summed E-state index contributed by atoms with van der Waals surface area (Å²) in [5, 5.41) is 9.05. The first-order chi connectivity index (χ1) is 6.60. The first kappa shape index (κ1) is 11.6. The van der Waals surface area contributed by atoms with Gasteiger partial charge >= 0.3 is 6.09 Å². The molecule has 0 radical (unpaired) electrons. The van der Waals surface area contributed by atoms with E-state index in [4.69, 9.17) is 11.5 Å². The number of nitrogens with zero attached hydrogens (tertiary/aromatic N) is 1. The number of hydrogen-bond acceptors (Lipinski definition) is 1. The molecule has 1 N–H and O–H groups in total. The maximum Gasteiger partial charge on any atom is 0.409 e. The second-order valence-electron chi connectivity index (χ2n) is 3.55. The molecule has 0 atom stereocenters. The van der Waals surface area contributed by atoms with E-state index in [2.05, 4.69) is 28.5 Å². The van der Waals surface area contributed by atoms with Crippen molar-refractivity contribution in [2.45, 2.75) is 35.6 Å². The molecule has 1 rings (SSSR count). The Hall–Kier alpha value is -0.440. The van der Waals surface area contributed by atoms with Crippen molar-refractivity contribution in [3.63, 3.8) is 0 Å². The summed E-state index contributed by atoms with van der Waals surface area (Å²) in [4.78, 5) is 12.4. The van der Waals surface area contributed by atoms with E-state index >= 15 is 0 Å². The molecule has 0 aromatic rings. The molecule has 1 aliphatic rings. The number of amides is 1. The van der Waals surface area contributed by atoms with E-state index in [9.17, 15) is 4.79 Å². The SMILES string of the molecule is C#CCN(C(=O)O)C1(I)CCCCC1. The minimum atomic E-state index is -0.903. The van der Waals surface area contributed by atoms with Crippen LogP contribution in [0.2, 0.25) is 0 Å². The zero-order valence-electron chi connectivity index (χ0n) is 8.00. The van der Waals surface area contributed by atoms with Crippen LogP contribution in [-0.2, 0) is 0 Å². The smallest absolute Gasteiger partial charge is 0.409 e. The van der Waals surface area contributed by atoms with E-state index in [1.807, 2.05) is 0 Å². The maximum atomic E-state index is 11.0. The summed E-state index contributed by atoms with van der Waals surface area (Å²) < 4.78 is -0.270. The molecule has 1 fully saturated rings. The van der Waals surface area contributed by atoms with Crippen molar-refractivity contribution >= 4 is 28.7 Å². The van der Waals surface area contributed by atoms with Gasteiger partial charge < -0.3 is 5.11 Å². The van der Waals surface area contributed by atoms with Crippen molar-refractivity contribution in [1.29, 1.82) is 0 Å². The van der Waals surface area contributed by atoms with Crippen LogP contribution in [0.5, 0.6) is 0 Å². The number of terminal acetylenes is 1. The summed E-state index contributed by atoms with van der Waals surface area (Å²) in [6, 6.07) is 0. The highest BCUT2D eigenvalue weighted by molar-refractivity contribution is 14.1. The minimum absolute atomic E-state index is 0.193. The van der Waals surface area contributed by atoms with Gasteiger partial charge in [-0.05, 0) is 12.8 Å². The zero-order chi connectivity index (χ0) is 10.6. The predicted molar refractivity (Wildman–Crippen MR) is 63.4 cm³/mol. The minimum Gasteiger partial charge on any atom is -0.465 e. The summed E-state index contributed by atoms with van der Waals surface area (Å²) >= 11 is 2.24. The van der Waals surface area contributed by atoms with Gasteiger partial charge in [-0.3, -0.25) is 4.90 Å². The average molecular weight is 307 g/mol. The van der Waals surface area contributed by atoms with Gasteiger partial charge in [0.05, 0.1) is 10.1 Å². The number of rotatable bonds is 2. The van der Waals surface area contributed by atoms with Gasteiger partial charge in [0.25, 0.3) is 0 Å². The van der Waals surface area contributed by atoms with Crippen LogP contribution < -0.4 is 0 Å². The lowest BCUT2D eigenvalue weighted by molar-refractivity contribution is 0.113. The van der Waals surface area contributed by atoms with E-state index in [0.29, 0.717) is 0 Å². The Balaban J connectivity index is 2.74. The lowest BCUT2D eigenvalue weighted by Crippen LogP contribution is -2.48. The normalized spacial score (nSPS) is 19.7. The highest BCUT2D eigenvalue weighted by atomic mass is 127. The Morgan fingerprint density at radius 3 is 2.50 bits per heavy atom. The molecule has 0 aromatic heterocycles. The lowest BCUT2D eigenvalue weighted by atomic mass is 9.94. The molecule has 0 unspecified atom stereocenters. The molecule has 78 valence electrons.